The second-order valence-corrected chi connectivity index (χ2v) is 7.39. The van der Waals surface area contributed by atoms with E-state index >= 15 is 0 Å². The summed E-state index contributed by atoms with van der Waals surface area (Å²) in [6, 6.07) is 10.5. The number of amides is 1. The number of likely N-dealkylation sites (tertiary alicyclic amines) is 1. The minimum Gasteiger partial charge on any atom is -0.454 e. The van der Waals surface area contributed by atoms with Crippen molar-refractivity contribution in [2.75, 3.05) is 13.1 Å². The number of hydrogen-bond donors (Lipinski definition) is 0. The molecule has 3 aromatic rings. The van der Waals surface area contributed by atoms with Gasteiger partial charge in [-0.25, -0.2) is 9.37 Å². The lowest BCUT2D eigenvalue weighted by Gasteiger charge is -2.32. The normalized spacial score (nSPS) is 17.0. The number of benzene rings is 1. The van der Waals surface area contributed by atoms with Crippen molar-refractivity contribution in [2.45, 2.75) is 32.2 Å². The zero-order chi connectivity index (χ0) is 19.3. The molecule has 1 saturated heterocycles. The fraction of sp³-hybridized carbons (Fsp3) is 0.364. The lowest BCUT2D eigenvalue weighted by atomic mass is 9.91. The fourth-order valence-electron chi connectivity index (χ4n) is 3.84. The molecule has 0 bridgehead atoms. The molecule has 0 saturated carbocycles. The van der Waals surface area contributed by atoms with Crippen LogP contribution in [0.5, 0.6) is 0 Å². The minimum absolute atomic E-state index is 0.0625. The average molecular weight is 381 g/mol. The maximum Gasteiger partial charge on any atom is 0.289 e. The number of aryl methyl sites for hydroxylation is 1. The average Bonchev–Trinajstić information content (AvgIpc) is 3.40. The van der Waals surface area contributed by atoms with Crippen molar-refractivity contribution in [2.24, 2.45) is 5.92 Å². The number of halogens is 1. The molecule has 5 nitrogen and oxygen atoms in total. The van der Waals surface area contributed by atoms with Crippen LogP contribution < -0.4 is 0 Å². The molecular weight excluding hydrogens is 357 g/mol. The Morgan fingerprint density at radius 2 is 2.14 bits per heavy atom. The van der Waals surface area contributed by atoms with Crippen LogP contribution in [0.1, 0.15) is 41.1 Å². The van der Waals surface area contributed by atoms with Gasteiger partial charge in [0, 0.05) is 25.5 Å². The lowest BCUT2D eigenvalue weighted by molar-refractivity contribution is 0.0634. The van der Waals surface area contributed by atoms with E-state index in [2.05, 4.69) is 4.98 Å². The number of carbonyl (C=O) groups excluding carboxylic acids is 1. The molecule has 1 aliphatic rings. The van der Waals surface area contributed by atoms with Gasteiger partial charge in [0.1, 0.15) is 11.6 Å². The van der Waals surface area contributed by atoms with Crippen LogP contribution >= 0.6 is 0 Å². The van der Waals surface area contributed by atoms with Crippen molar-refractivity contribution in [3.63, 3.8) is 0 Å². The Morgan fingerprint density at radius 1 is 1.25 bits per heavy atom. The van der Waals surface area contributed by atoms with Crippen LogP contribution in [-0.2, 0) is 13.0 Å². The van der Waals surface area contributed by atoms with Crippen LogP contribution in [0, 0.1) is 11.7 Å². The van der Waals surface area contributed by atoms with E-state index < -0.39 is 0 Å². The summed E-state index contributed by atoms with van der Waals surface area (Å²) in [7, 11) is 0. The van der Waals surface area contributed by atoms with Gasteiger partial charge in [-0.3, -0.25) is 4.79 Å². The molecule has 2 aromatic heterocycles. The predicted octanol–water partition coefficient (Wildman–Crippen LogP) is 4.15. The van der Waals surface area contributed by atoms with Gasteiger partial charge in [0.15, 0.2) is 5.76 Å². The van der Waals surface area contributed by atoms with Crippen LogP contribution in [-0.4, -0.2) is 33.4 Å². The van der Waals surface area contributed by atoms with E-state index in [0.29, 0.717) is 31.2 Å². The van der Waals surface area contributed by atoms with Crippen molar-refractivity contribution in [3.8, 4) is 0 Å². The topological polar surface area (TPSA) is 51.3 Å². The van der Waals surface area contributed by atoms with Gasteiger partial charge >= 0.3 is 0 Å². The molecule has 0 aliphatic carbocycles. The molecule has 0 N–H and O–H groups in total. The van der Waals surface area contributed by atoms with Gasteiger partial charge in [-0.1, -0.05) is 18.2 Å². The molecular formula is C22H24FN3O2. The van der Waals surface area contributed by atoms with Crippen LogP contribution in [0.4, 0.5) is 4.39 Å². The molecule has 0 spiro atoms. The highest BCUT2D eigenvalue weighted by atomic mass is 19.1. The summed E-state index contributed by atoms with van der Waals surface area (Å²) in [5.74, 6) is 1.29. The van der Waals surface area contributed by atoms with Gasteiger partial charge in [0.25, 0.3) is 5.91 Å². The van der Waals surface area contributed by atoms with Crippen molar-refractivity contribution in [3.05, 3.63) is 78.0 Å². The third-order valence-electron chi connectivity index (χ3n) is 5.36. The Labute approximate surface area is 163 Å². The van der Waals surface area contributed by atoms with E-state index in [1.807, 2.05) is 33.9 Å². The van der Waals surface area contributed by atoms with Gasteiger partial charge in [-0.05, 0) is 55.4 Å². The summed E-state index contributed by atoms with van der Waals surface area (Å²) in [4.78, 5) is 18.7. The summed E-state index contributed by atoms with van der Waals surface area (Å²) in [6.45, 7) is 2.00. The minimum atomic E-state index is -0.146. The molecule has 6 heteroatoms. The second kappa shape index (κ2) is 8.42. The summed E-state index contributed by atoms with van der Waals surface area (Å²) < 4.78 is 21.5. The van der Waals surface area contributed by atoms with E-state index in [0.717, 1.165) is 37.1 Å². The third kappa shape index (κ3) is 4.32. The largest absolute Gasteiger partial charge is 0.454 e. The number of furan rings is 1. The molecule has 1 fully saturated rings. The number of aromatic nitrogens is 2. The zero-order valence-corrected chi connectivity index (χ0v) is 15.8. The Hall–Kier alpha value is -2.89. The molecule has 0 radical (unpaired) electrons. The van der Waals surface area contributed by atoms with Gasteiger partial charge in [0.2, 0.25) is 0 Å². The van der Waals surface area contributed by atoms with Crippen LogP contribution in [0.15, 0.2) is 59.5 Å². The maximum atomic E-state index is 13.8. The number of nitrogens with zero attached hydrogens (tertiary/aromatic N) is 3. The van der Waals surface area contributed by atoms with Crippen LogP contribution in [0.3, 0.4) is 0 Å². The molecule has 4 rings (SSSR count). The van der Waals surface area contributed by atoms with Gasteiger partial charge in [0.05, 0.1) is 12.9 Å². The highest BCUT2D eigenvalue weighted by molar-refractivity contribution is 5.91. The Balaban J connectivity index is 1.34. The van der Waals surface area contributed by atoms with Crippen molar-refractivity contribution < 1.29 is 13.6 Å². The first-order chi connectivity index (χ1) is 13.7. The first-order valence-corrected chi connectivity index (χ1v) is 9.76. The van der Waals surface area contributed by atoms with Gasteiger partial charge in [-0.15, -0.1) is 0 Å². The standard InChI is InChI=1S/C22H24FN3O2/c23-20-6-2-1-5-18(20)8-7-17-4-3-12-26(14-17)22(27)21-10-9-19(28-21)15-25-13-11-24-16-25/h1-2,5-6,9-11,13,16-17H,3-4,7-8,12,14-15H2/t17-/m1/s1. The monoisotopic (exact) mass is 381 g/mol. The summed E-state index contributed by atoms with van der Waals surface area (Å²) in [6.07, 6.45) is 8.91. The smallest absolute Gasteiger partial charge is 0.289 e. The molecule has 1 aliphatic heterocycles. The number of rotatable bonds is 6. The fourth-order valence-corrected chi connectivity index (χ4v) is 3.84. The molecule has 0 unspecified atom stereocenters. The SMILES string of the molecule is O=C(c1ccc(Cn2ccnc2)o1)N1CCC[C@H](CCc2ccccc2F)C1. The van der Waals surface area contributed by atoms with Crippen molar-refractivity contribution in [1.29, 1.82) is 0 Å². The van der Waals surface area contributed by atoms with Crippen LogP contribution in [0.25, 0.3) is 0 Å². The predicted molar refractivity (Wildman–Crippen MR) is 103 cm³/mol. The molecule has 3 heterocycles. The van der Waals surface area contributed by atoms with E-state index in [1.54, 1.807) is 24.7 Å². The first kappa shape index (κ1) is 18.5. The quantitative estimate of drug-likeness (QED) is 0.645. The zero-order valence-electron chi connectivity index (χ0n) is 15.8. The van der Waals surface area contributed by atoms with Crippen molar-refractivity contribution >= 4 is 5.91 Å². The highest BCUT2D eigenvalue weighted by Gasteiger charge is 2.26. The van der Waals surface area contributed by atoms with Gasteiger partial charge < -0.3 is 13.9 Å². The summed E-state index contributed by atoms with van der Waals surface area (Å²) in [5, 5.41) is 0. The van der Waals surface area contributed by atoms with E-state index in [-0.39, 0.29) is 11.7 Å². The molecule has 1 aromatic carbocycles. The molecule has 146 valence electrons. The van der Waals surface area contributed by atoms with E-state index in [1.165, 1.54) is 6.07 Å². The Bertz CT molecular complexity index is 920. The molecule has 1 atom stereocenters. The van der Waals surface area contributed by atoms with Crippen molar-refractivity contribution in [1.82, 2.24) is 14.5 Å². The third-order valence-corrected chi connectivity index (χ3v) is 5.36. The summed E-state index contributed by atoms with van der Waals surface area (Å²) in [5.41, 5.74) is 0.751. The Kier molecular flexibility index (Phi) is 5.55. The van der Waals surface area contributed by atoms with E-state index in [9.17, 15) is 9.18 Å². The molecule has 28 heavy (non-hydrogen) atoms. The number of hydrogen-bond acceptors (Lipinski definition) is 3. The molecule has 1 amide bonds. The van der Waals surface area contributed by atoms with E-state index in [4.69, 9.17) is 4.42 Å². The number of piperidine rings is 1. The number of imidazole rings is 1. The van der Waals surface area contributed by atoms with Gasteiger partial charge in [-0.2, -0.15) is 0 Å². The Morgan fingerprint density at radius 3 is 2.96 bits per heavy atom. The number of carbonyl (C=O) groups is 1. The summed E-state index contributed by atoms with van der Waals surface area (Å²) >= 11 is 0. The lowest BCUT2D eigenvalue weighted by Crippen LogP contribution is -2.39. The first-order valence-electron chi connectivity index (χ1n) is 9.76. The maximum absolute atomic E-state index is 13.8. The highest BCUT2D eigenvalue weighted by Crippen LogP contribution is 2.24. The van der Waals surface area contributed by atoms with Crippen LogP contribution in [0.2, 0.25) is 0 Å². The second-order valence-electron chi connectivity index (χ2n) is 7.39.